The van der Waals surface area contributed by atoms with Crippen LogP contribution >= 0.6 is 11.6 Å². The molecule has 2 aromatic rings. The van der Waals surface area contributed by atoms with Crippen molar-refractivity contribution in [1.82, 2.24) is 10.2 Å². The van der Waals surface area contributed by atoms with Gasteiger partial charge in [-0.05, 0) is 55.7 Å². The van der Waals surface area contributed by atoms with E-state index in [1.54, 1.807) is 38.3 Å². The summed E-state index contributed by atoms with van der Waals surface area (Å²) in [5, 5.41) is 3.26. The number of carbonyl (C=O) groups excluding carboxylic acids is 2. The van der Waals surface area contributed by atoms with Crippen molar-refractivity contribution in [2.24, 2.45) is 0 Å². The van der Waals surface area contributed by atoms with Crippen LogP contribution in [0, 0.1) is 0 Å². The molecule has 2 aromatic carbocycles. The molecule has 0 fully saturated rings. The molecule has 0 aromatic heterocycles. The fraction of sp³-hybridized carbons (Fsp3) is 0.440. The van der Waals surface area contributed by atoms with Gasteiger partial charge in [-0.1, -0.05) is 36.7 Å². The van der Waals surface area contributed by atoms with E-state index >= 15 is 0 Å². The summed E-state index contributed by atoms with van der Waals surface area (Å²) in [5.74, 6) is 0.176. The first-order chi connectivity index (χ1) is 16.6. The van der Waals surface area contributed by atoms with Crippen LogP contribution in [0.25, 0.3) is 0 Å². The molecular weight excluding hydrogens is 490 g/mol. The van der Waals surface area contributed by atoms with E-state index in [9.17, 15) is 18.0 Å². The maximum atomic E-state index is 13.3. The third kappa shape index (κ3) is 8.74. The maximum Gasteiger partial charge on any atom is 0.242 e. The Hall–Kier alpha value is -2.78. The minimum atomic E-state index is -3.58. The molecule has 0 radical (unpaired) electrons. The molecule has 1 unspecified atom stereocenters. The molecule has 10 heteroatoms. The first kappa shape index (κ1) is 28.5. The van der Waals surface area contributed by atoms with Gasteiger partial charge in [0.05, 0.1) is 19.1 Å². The number of amides is 2. The van der Waals surface area contributed by atoms with Gasteiger partial charge in [0.2, 0.25) is 21.8 Å². The Kier molecular flexibility index (Phi) is 10.9. The van der Waals surface area contributed by atoms with E-state index in [0.29, 0.717) is 23.0 Å². The average Bonchev–Trinajstić information content (AvgIpc) is 2.82. The van der Waals surface area contributed by atoms with E-state index in [1.807, 2.05) is 31.2 Å². The third-order valence-corrected chi connectivity index (χ3v) is 6.88. The van der Waals surface area contributed by atoms with E-state index in [-0.39, 0.29) is 37.7 Å². The number of hydrogen-bond acceptors (Lipinski definition) is 5. The van der Waals surface area contributed by atoms with Gasteiger partial charge in [0.15, 0.2) is 0 Å². The number of ether oxygens (including phenoxy) is 1. The lowest BCUT2D eigenvalue weighted by Crippen LogP contribution is -2.47. The number of halogens is 1. The van der Waals surface area contributed by atoms with Crippen LogP contribution < -0.4 is 14.4 Å². The Balaban J connectivity index is 2.17. The lowest BCUT2D eigenvalue weighted by Gasteiger charge is -2.29. The summed E-state index contributed by atoms with van der Waals surface area (Å²) in [7, 11) is -2.01. The molecule has 0 spiro atoms. The van der Waals surface area contributed by atoms with E-state index in [2.05, 4.69) is 5.32 Å². The predicted molar refractivity (Wildman–Crippen MR) is 139 cm³/mol. The maximum absolute atomic E-state index is 13.3. The predicted octanol–water partition coefficient (Wildman–Crippen LogP) is 3.84. The van der Waals surface area contributed by atoms with Gasteiger partial charge in [0.25, 0.3) is 0 Å². The van der Waals surface area contributed by atoms with E-state index < -0.39 is 16.1 Å². The Morgan fingerprint density at radius 3 is 2.49 bits per heavy atom. The fourth-order valence-electron chi connectivity index (χ4n) is 3.58. The number of nitrogens with one attached hydrogen (secondary N) is 1. The smallest absolute Gasteiger partial charge is 0.242 e. The van der Waals surface area contributed by atoms with Crippen LogP contribution in [0.5, 0.6) is 5.75 Å². The van der Waals surface area contributed by atoms with Gasteiger partial charge in [-0.25, -0.2) is 8.42 Å². The van der Waals surface area contributed by atoms with Crippen LogP contribution in [0.2, 0.25) is 5.02 Å². The van der Waals surface area contributed by atoms with E-state index in [0.717, 1.165) is 18.2 Å². The molecule has 8 nitrogen and oxygen atoms in total. The molecule has 0 bridgehead atoms. The normalized spacial score (nSPS) is 12.0. The van der Waals surface area contributed by atoms with Crippen LogP contribution in [0.4, 0.5) is 5.69 Å². The summed E-state index contributed by atoms with van der Waals surface area (Å²) >= 11 is 6.04. The molecule has 0 aliphatic heterocycles. The third-order valence-electron chi connectivity index (χ3n) is 5.45. The van der Waals surface area contributed by atoms with Gasteiger partial charge >= 0.3 is 0 Å². The fourth-order valence-corrected chi connectivity index (χ4v) is 4.72. The number of benzene rings is 2. The number of methoxy groups -OCH3 is 1. The van der Waals surface area contributed by atoms with Crippen LogP contribution in [-0.4, -0.2) is 57.6 Å². The average molecular weight is 524 g/mol. The SMILES string of the molecule is CCCNC(=O)C(C)N(Cc1cccc(OC)c1)C(=O)CCCN(c1cccc(Cl)c1)S(C)(=O)=O. The molecule has 1 N–H and O–H groups in total. The van der Waals surface area contributed by atoms with Crippen molar-refractivity contribution >= 4 is 39.1 Å². The molecule has 0 heterocycles. The molecule has 0 aliphatic carbocycles. The first-order valence-corrected chi connectivity index (χ1v) is 13.7. The number of sulfonamides is 1. The van der Waals surface area contributed by atoms with Gasteiger partial charge in [-0.3, -0.25) is 13.9 Å². The van der Waals surface area contributed by atoms with Gasteiger partial charge in [-0.15, -0.1) is 0 Å². The van der Waals surface area contributed by atoms with Crippen molar-refractivity contribution in [2.45, 2.75) is 45.7 Å². The number of nitrogens with zero attached hydrogens (tertiary/aromatic N) is 2. The highest BCUT2D eigenvalue weighted by Gasteiger charge is 2.26. The topological polar surface area (TPSA) is 96.0 Å². The summed E-state index contributed by atoms with van der Waals surface area (Å²) in [6.07, 6.45) is 2.25. The van der Waals surface area contributed by atoms with Crippen molar-refractivity contribution in [1.29, 1.82) is 0 Å². The molecule has 2 amide bonds. The first-order valence-electron chi connectivity index (χ1n) is 11.5. The van der Waals surface area contributed by atoms with Crippen molar-refractivity contribution in [3.05, 3.63) is 59.1 Å². The molecule has 2 rings (SSSR count). The van der Waals surface area contributed by atoms with Crippen molar-refractivity contribution in [3.63, 3.8) is 0 Å². The summed E-state index contributed by atoms with van der Waals surface area (Å²) in [5.41, 5.74) is 1.26. The molecule has 0 saturated heterocycles. The highest BCUT2D eigenvalue weighted by atomic mass is 35.5. The molecule has 35 heavy (non-hydrogen) atoms. The van der Waals surface area contributed by atoms with Crippen LogP contribution in [0.15, 0.2) is 48.5 Å². The molecule has 0 aliphatic rings. The van der Waals surface area contributed by atoms with E-state index in [1.165, 1.54) is 9.21 Å². The number of carbonyl (C=O) groups is 2. The number of hydrogen-bond donors (Lipinski definition) is 1. The number of anilines is 1. The minimum Gasteiger partial charge on any atom is -0.497 e. The molecule has 1 atom stereocenters. The minimum absolute atomic E-state index is 0.0714. The standard InChI is InChI=1S/C25H34ClN3O5S/c1-5-14-27-25(31)19(2)28(18-20-9-6-12-23(16-20)34-3)24(30)13-8-15-29(35(4,32)33)22-11-7-10-21(26)17-22/h6-7,9-12,16-17,19H,5,8,13-15,18H2,1-4H3,(H,27,31). The van der Waals surface area contributed by atoms with Crippen molar-refractivity contribution in [2.75, 3.05) is 30.8 Å². The Bertz CT molecular complexity index is 1110. The highest BCUT2D eigenvalue weighted by Crippen LogP contribution is 2.23. The monoisotopic (exact) mass is 523 g/mol. The highest BCUT2D eigenvalue weighted by molar-refractivity contribution is 7.92. The number of rotatable bonds is 13. The zero-order valence-corrected chi connectivity index (χ0v) is 22.2. The summed E-state index contributed by atoms with van der Waals surface area (Å²) in [6, 6.07) is 13.2. The van der Waals surface area contributed by atoms with Gasteiger partial charge in [0, 0.05) is 31.1 Å². The van der Waals surface area contributed by atoms with Crippen LogP contribution in [0.1, 0.15) is 38.7 Å². The Labute approximate surface area is 213 Å². The quantitative estimate of drug-likeness (QED) is 0.430. The molecular formula is C25H34ClN3O5S. The van der Waals surface area contributed by atoms with E-state index in [4.69, 9.17) is 16.3 Å². The second-order valence-electron chi connectivity index (χ2n) is 8.26. The van der Waals surface area contributed by atoms with Crippen LogP contribution in [0.3, 0.4) is 0 Å². The largest absolute Gasteiger partial charge is 0.497 e. The summed E-state index contributed by atoms with van der Waals surface area (Å²) in [4.78, 5) is 27.4. The Morgan fingerprint density at radius 2 is 1.86 bits per heavy atom. The van der Waals surface area contributed by atoms with Crippen LogP contribution in [-0.2, 0) is 26.2 Å². The summed E-state index contributed by atoms with van der Waals surface area (Å²) in [6.45, 7) is 4.50. The lowest BCUT2D eigenvalue weighted by molar-refractivity contribution is -0.140. The van der Waals surface area contributed by atoms with Gasteiger partial charge < -0.3 is 15.0 Å². The van der Waals surface area contributed by atoms with Crippen molar-refractivity contribution < 1.29 is 22.7 Å². The second-order valence-corrected chi connectivity index (χ2v) is 10.6. The second kappa shape index (κ2) is 13.3. The zero-order chi connectivity index (χ0) is 26.0. The molecule has 0 saturated carbocycles. The zero-order valence-electron chi connectivity index (χ0n) is 20.7. The lowest BCUT2D eigenvalue weighted by atomic mass is 10.1. The Morgan fingerprint density at radius 1 is 1.14 bits per heavy atom. The molecule has 192 valence electrons. The van der Waals surface area contributed by atoms with Gasteiger partial charge in [0.1, 0.15) is 11.8 Å². The van der Waals surface area contributed by atoms with Crippen molar-refractivity contribution in [3.8, 4) is 5.75 Å². The van der Waals surface area contributed by atoms with Gasteiger partial charge in [-0.2, -0.15) is 0 Å². The summed E-state index contributed by atoms with van der Waals surface area (Å²) < 4.78 is 31.3.